The van der Waals surface area contributed by atoms with Crippen LogP contribution in [0.25, 0.3) is 0 Å². The van der Waals surface area contributed by atoms with E-state index in [0.29, 0.717) is 11.4 Å². The number of halogens is 1. The van der Waals surface area contributed by atoms with E-state index in [-0.39, 0.29) is 18.0 Å². The molecule has 0 saturated carbocycles. The lowest BCUT2D eigenvalue weighted by Gasteiger charge is -2.25. The summed E-state index contributed by atoms with van der Waals surface area (Å²) in [6.07, 6.45) is 0. The van der Waals surface area contributed by atoms with Gasteiger partial charge in [-0.05, 0) is 36.4 Å². The summed E-state index contributed by atoms with van der Waals surface area (Å²) in [6.45, 7) is -0.501. The second-order valence-corrected chi connectivity index (χ2v) is 6.29. The Morgan fingerprint density at radius 3 is 2.36 bits per heavy atom. The van der Waals surface area contributed by atoms with E-state index in [4.69, 9.17) is 4.74 Å². The highest BCUT2D eigenvalue weighted by Gasteiger charge is 2.26. The predicted octanol–water partition coefficient (Wildman–Crippen LogP) is 2.02. The van der Waals surface area contributed by atoms with E-state index in [9.17, 15) is 17.9 Å². The molecule has 0 amide bonds. The maximum atomic E-state index is 13.0. The zero-order valence-electron chi connectivity index (χ0n) is 11.9. The molecule has 22 heavy (non-hydrogen) atoms. The summed E-state index contributed by atoms with van der Waals surface area (Å²) in [5.41, 5.74) is 0.309. The molecular formula is C15H16FNO4S. The Morgan fingerprint density at radius 1 is 1.14 bits per heavy atom. The first-order valence-corrected chi connectivity index (χ1v) is 7.97. The number of aliphatic hydroxyl groups excluding tert-OH is 1. The van der Waals surface area contributed by atoms with Gasteiger partial charge in [0, 0.05) is 0 Å². The zero-order valence-corrected chi connectivity index (χ0v) is 12.8. The van der Waals surface area contributed by atoms with Gasteiger partial charge in [0.25, 0.3) is 10.0 Å². The molecule has 0 heterocycles. The smallest absolute Gasteiger partial charge is 0.264 e. The highest BCUT2D eigenvalue weighted by Crippen LogP contribution is 2.31. The van der Waals surface area contributed by atoms with Crippen LogP contribution in [0.2, 0.25) is 0 Å². The molecule has 0 unspecified atom stereocenters. The molecule has 0 radical (unpaired) electrons. The van der Waals surface area contributed by atoms with E-state index in [1.807, 2.05) is 0 Å². The van der Waals surface area contributed by atoms with Gasteiger partial charge < -0.3 is 9.84 Å². The van der Waals surface area contributed by atoms with Crippen molar-refractivity contribution in [3.8, 4) is 5.75 Å². The highest BCUT2D eigenvalue weighted by molar-refractivity contribution is 7.92. The molecule has 2 rings (SSSR count). The number of nitrogens with zero attached hydrogens (tertiary/aromatic N) is 1. The van der Waals surface area contributed by atoms with Crippen LogP contribution in [-0.2, 0) is 10.0 Å². The fourth-order valence-corrected chi connectivity index (χ4v) is 3.50. The first-order valence-electron chi connectivity index (χ1n) is 6.53. The Bertz CT molecular complexity index is 731. The number of aliphatic hydroxyl groups is 1. The Labute approximate surface area is 128 Å². The van der Waals surface area contributed by atoms with E-state index in [1.54, 1.807) is 24.3 Å². The second-order valence-electron chi connectivity index (χ2n) is 4.43. The number of sulfonamides is 1. The lowest BCUT2D eigenvalue weighted by atomic mass is 10.3. The number of benzene rings is 2. The third-order valence-corrected chi connectivity index (χ3v) is 4.89. The molecule has 2 aromatic rings. The predicted molar refractivity (Wildman–Crippen MR) is 81.0 cm³/mol. The Balaban J connectivity index is 2.53. The number of para-hydroxylation sites is 2. The summed E-state index contributed by atoms with van der Waals surface area (Å²) < 4.78 is 44.7. The molecule has 0 fully saturated rings. The molecule has 1 N–H and O–H groups in total. The first-order chi connectivity index (χ1) is 10.5. The third kappa shape index (κ3) is 3.20. The van der Waals surface area contributed by atoms with E-state index in [1.165, 1.54) is 19.2 Å². The standard InChI is InChI=1S/C15H16FNO4S/c1-21-15-5-3-2-4-14(15)17(10-11-18)22(19,20)13-8-6-12(16)7-9-13/h2-9,18H,10-11H2,1H3. The minimum absolute atomic E-state index is 0.0618. The van der Waals surface area contributed by atoms with Crippen molar-refractivity contribution in [1.82, 2.24) is 0 Å². The summed E-state index contributed by atoms with van der Waals surface area (Å²) >= 11 is 0. The van der Waals surface area contributed by atoms with Crippen LogP contribution >= 0.6 is 0 Å². The minimum atomic E-state index is -3.94. The van der Waals surface area contributed by atoms with Crippen LogP contribution in [-0.4, -0.2) is 33.8 Å². The molecular weight excluding hydrogens is 309 g/mol. The molecule has 0 aliphatic rings. The topological polar surface area (TPSA) is 66.8 Å². The van der Waals surface area contributed by atoms with Crippen molar-refractivity contribution < 1.29 is 22.7 Å². The molecule has 0 saturated heterocycles. The monoisotopic (exact) mass is 325 g/mol. The molecule has 0 aliphatic heterocycles. The lowest BCUT2D eigenvalue weighted by molar-refractivity contribution is 0.306. The molecule has 7 heteroatoms. The molecule has 118 valence electrons. The van der Waals surface area contributed by atoms with Crippen LogP contribution in [0, 0.1) is 5.82 Å². The lowest BCUT2D eigenvalue weighted by Crippen LogP contribution is -2.33. The van der Waals surface area contributed by atoms with Gasteiger partial charge in [0.2, 0.25) is 0 Å². The van der Waals surface area contributed by atoms with Crippen molar-refractivity contribution >= 4 is 15.7 Å². The van der Waals surface area contributed by atoms with Gasteiger partial charge in [0.05, 0.1) is 30.8 Å². The van der Waals surface area contributed by atoms with Crippen molar-refractivity contribution in [3.63, 3.8) is 0 Å². The highest BCUT2D eigenvalue weighted by atomic mass is 32.2. The molecule has 0 spiro atoms. The number of methoxy groups -OCH3 is 1. The SMILES string of the molecule is COc1ccccc1N(CCO)S(=O)(=O)c1ccc(F)cc1. The maximum Gasteiger partial charge on any atom is 0.264 e. The van der Waals surface area contributed by atoms with Gasteiger partial charge in [0.15, 0.2) is 0 Å². The average molecular weight is 325 g/mol. The second kappa shape index (κ2) is 6.76. The normalized spacial score (nSPS) is 11.2. The van der Waals surface area contributed by atoms with Gasteiger partial charge in [0.1, 0.15) is 11.6 Å². The maximum absolute atomic E-state index is 13.0. The summed E-state index contributed by atoms with van der Waals surface area (Å²) in [4.78, 5) is -0.0618. The van der Waals surface area contributed by atoms with Crippen LogP contribution in [0.15, 0.2) is 53.4 Å². The van der Waals surface area contributed by atoms with Crippen molar-refractivity contribution in [2.45, 2.75) is 4.90 Å². The van der Waals surface area contributed by atoms with Gasteiger partial charge in [-0.2, -0.15) is 0 Å². The van der Waals surface area contributed by atoms with E-state index in [0.717, 1.165) is 16.4 Å². The van der Waals surface area contributed by atoms with Gasteiger partial charge in [-0.1, -0.05) is 12.1 Å². The molecule has 0 bridgehead atoms. The minimum Gasteiger partial charge on any atom is -0.495 e. The van der Waals surface area contributed by atoms with Crippen molar-refractivity contribution in [3.05, 3.63) is 54.3 Å². The average Bonchev–Trinajstić information content (AvgIpc) is 2.53. The summed E-state index contributed by atoms with van der Waals surface area (Å²) in [5, 5.41) is 9.21. The number of anilines is 1. The fraction of sp³-hybridized carbons (Fsp3) is 0.200. The Morgan fingerprint density at radius 2 is 1.77 bits per heavy atom. The third-order valence-electron chi connectivity index (χ3n) is 3.06. The van der Waals surface area contributed by atoms with E-state index >= 15 is 0 Å². The first kappa shape index (κ1) is 16.3. The molecule has 2 aromatic carbocycles. The Hall–Kier alpha value is -2.12. The van der Waals surface area contributed by atoms with Gasteiger partial charge in [-0.15, -0.1) is 0 Å². The summed E-state index contributed by atoms with van der Waals surface area (Å²) in [6, 6.07) is 11.1. The number of hydrogen-bond donors (Lipinski definition) is 1. The van der Waals surface area contributed by atoms with Crippen molar-refractivity contribution in [2.75, 3.05) is 24.6 Å². The molecule has 5 nitrogen and oxygen atoms in total. The fourth-order valence-electron chi connectivity index (χ4n) is 2.03. The van der Waals surface area contributed by atoms with Crippen LogP contribution in [0.1, 0.15) is 0 Å². The number of rotatable bonds is 6. The van der Waals surface area contributed by atoms with Crippen molar-refractivity contribution in [2.24, 2.45) is 0 Å². The van der Waals surface area contributed by atoms with Gasteiger partial charge in [-0.25, -0.2) is 12.8 Å². The van der Waals surface area contributed by atoms with Crippen LogP contribution < -0.4 is 9.04 Å². The Kier molecular flexibility index (Phi) is 4.99. The van der Waals surface area contributed by atoms with Crippen molar-refractivity contribution in [1.29, 1.82) is 0 Å². The quantitative estimate of drug-likeness (QED) is 0.882. The van der Waals surface area contributed by atoms with E-state index < -0.39 is 15.8 Å². The zero-order chi connectivity index (χ0) is 16.2. The van der Waals surface area contributed by atoms with Gasteiger partial charge >= 0.3 is 0 Å². The van der Waals surface area contributed by atoms with Crippen LogP contribution in [0.4, 0.5) is 10.1 Å². The van der Waals surface area contributed by atoms with Crippen LogP contribution in [0.3, 0.4) is 0 Å². The summed E-state index contributed by atoms with van der Waals surface area (Å²) in [7, 11) is -2.51. The number of ether oxygens (including phenoxy) is 1. The van der Waals surface area contributed by atoms with E-state index in [2.05, 4.69) is 0 Å². The van der Waals surface area contributed by atoms with Gasteiger partial charge in [-0.3, -0.25) is 4.31 Å². The summed E-state index contributed by atoms with van der Waals surface area (Å²) in [5.74, 6) is -0.161. The molecule has 0 aliphatic carbocycles. The molecule has 0 aromatic heterocycles. The number of hydrogen-bond acceptors (Lipinski definition) is 4. The largest absolute Gasteiger partial charge is 0.495 e. The van der Waals surface area contributed by atoms with Crippen LogP contribution in [0.5, 0.6) is 5.75 Å². The molecule has 0 atom stereocenters.